The van der Waals surface area contributed by atoms with Crippen molar-refractivity contribution >= 4 is 0 Å². The van der Waals surface area contributed by atoms with Gasteiger partial charge < -0.3 is 5.73 Å². The Labute approximate surface area is 166 Å². The molecule has 0 radical (unpaired) electrons. The van der Waals surface area contributed by atoms with Crippen LogP contribution < -0.4 is 5.73 Å². The largest absolute Gasteiger partial charge is 0.325 e. The van der Waals surface area contributed by atoms with E-state index in [1.807, 2.05) is 34.0 Å². The Bertz CT molecular complexity index is 913. The van der Waals surface area contributed by atoms with Gasteiger partial charge in [0, 0.05) is 44.8 Å². The van der Waals surface area contributed by atoms with Gasteiger partial charge in [-0.1, -0.05) is 22.9 Å². The standard InChI is InChI=1S/C21H29N7/c1-16-9-17(2)21(28-8-4-6-23-28)19(10-16)14-26-7-3-5-18(12-26)13-27-15-20(11-22)24-25-27/h4,6,8-10,15,18H,3,5,7,11-14,22H2,1-2H3/t18-/m1/s1. The molecule has 1 aliphatic heterocycles. The molecule has 148 valence electrons. The van der Waals surface area contributed by atoms with Gasteiger partial charge in [0.25, 0.3) is 0 Å². The van der Waals surface area contributed by atoms with Crippen LogP contribution in [0.3, 0.4) is 0 Å². The van der Waals surface area contributed by atoms with E-state index in [-0.39, 0.29) is 0 Å². The van der Waals surface area contributed by atoms with E-state index in [9.17, 15) is 0 Å². The molecule has 28 heavy (non-hydrogen) atoms. The van der Waals surface area contributed by atoms with Crippen LogP contribution in [-0.4, -0.2) is 42.8 Å². The van der Waals surface area contributed by atoms with E-state index in [1.54, 1.807) is 0 Å². The normalized spacial score (nSPS) is 17.9. The minimum Gasteiger partial charge on any atom is -0.325 e. The van der Waals surface area contributed by atoms with Crippen LogP contribution in [0.5, 0.6) is 0 Å². The summed E-state index contributed by atoms with van der Waals surface area (Å²) in [6, 6.07) is 6.52. The molecule has 2 aromatic heterocycles. The third-order valence-electron chi connectivity index (χ3n) is 5.49. The molecule has 3 aromatic rings. The van der Waals surface area contributed by atoms with E-state index in [0.29, 0.717) is 12.5 Å². The Hall–Kier alpha value is -2.51. The predicted molar refractivity (Wildman–Crippen MR) is 109 cm³/mol. The minimum atomic E-state index is 0.444. The first-order valence-electron chi connectivity index (χ1n) is 10.0. The van der Waals surface area contributed by atoms with E-state index in [1.165, 1.54) is 35.2 Å². The molecule has 3 heterocycles. The lowest BCUT2D eigenvalue weighted by atomic mass is 9.96. The van der Waals surface area contributed by atoms with Crippen LogP contribution in [0.1, 0.15) is 35.2 Å². The lowest BCUT2D eigenvalue weighted by Gasteiger charge is -2.33. The first kappa shape index (κ1) is 18.8. The van der Waals surface area contributed by atoms with Crippen LogP contribution in [0, 0.1) is 19.8 Å². The lowest BCUT2D eigenvalue weighted by molar-refractivity contribution is 0.152. The number of nitrogens with two attached hydrogens (primary N) is 1. The molecule has 0 bridgehead atoms. The molecular formula is C21H29N7. The Morgan fingerprint density at radius 2 is 2.14 bits per heavy atom. The number of aromatic nitrogens is 5. The van der Waals surface area contributed by atoms with Crippen LogP contribution in [0.4, 0.5) is 0 Å². The SMILES string of the molecule is Cc1cc(C)c(-n2cccn2)c(CN2CCC[C@@H](Cn3cc(CN)nn3)C2)c1. The van der Waals surface area contributed by atoms with Crippen molar-refractivity contribution in [3.05, 3.63) is 59.2 Å². The molecule has 0 spiro atoms. The summed E-state index contributed by atoms with van der Waals surface area (Å²) in [5.41, 5.74) is 11.6. The van der Waals surface area contributed by atoms with Crippen molar-refractivity contribution in [2.24, 2.45) is 11.7 Å². The fraction of sp³-hybridized carbons (Fsp3) is 0.476. The van der Waals surface area contributed by atoms with Gasteiger partial charge in [0.05, 0.1) is 11.4 Å². The van der Waals surface area contributed by atoms with E-state index in [0.717, 1.165) is 31.9 Å². The number of piperidine rings is 1. The van der Waals surface area contributed by atoms with E-state index < -0.39 is 0 Å². The molecule has 2 N–H and O–H groups in total. The Morgan fingerprint density at radius 1 is 1.25 bits per heavy atom. The summed E-state index contributed by atoms with van der Waals surface area (Å²) >= 11 is 0. The highest BCUT2D eigenvalue weighted by molar-refractivity contribution is 5.49. The van der Waals surface area contributed by atoms with Gasteiger partial charge in [-0.3, -0.25) is 9.58 Å². The highest BCUT2D eigenvalue weighted by Crippen LogP contribution is 2.25. The van der Waals surface area contributed by atoms with Gasteiger partial charge in [0.15, 0.2) is 0 Å². The topological polar surface area (TPSA) is 77.8 Å². The van der Waals surface area contributed by atoms with Gasteiger partial charge in [-0.2, -0.15) is 5.10 Å². The van der Waals surface area contributed by atoms with Gasteiger partial charge in [-0.25, -0.2) is 4.68 Å². The molecule has 1 aromatic carbocycles. The van der Waals surface area contributed by atoms with Crippen LogP contribution in [0.2, 0.25) is 0 Å². The molecule has 0 saturated carbocycles. The van der Waals surface area contributed by atoms with E-state index in [4.69, 9.17) is 5.73 Å². The highest BCUT2D eigenvalue weighted by atomic mass is 15.4. The number of hydrogen-bond acceptors (Lipinski definition) is 5. The van der Waals surface area contributed by atoms with Gasteiger partial charge in [-0.05, 0) is 56.3 Å². The number of hydrogen-bond donors (Lipinski definition) is 1. The second-order valence-electron chi connectivity index (χ2n) is 7.92. The molecule has 1 saturated heterocycles. The summed E-state index contributed by atoms with van der Waals surface area (Å²) < 4.78 is 3.94. The maximum atomic E-state index is 5.65. The van der Waals surface area contributed by atoms with Crippen molar-refractivity contribution < 1.29 is 0 Å². The van der Waals surface area contributed by atoms with E-state index in [2.05, 4.69) is 46.3 Å². The van der Waals surface area contributed by atoms with Gasteiger partial charge in [0.1, 0.15) is 0 Å². The van der Waals surface area contributed by atoms with Crippen molar-refractivity contribution in [1.29, 1.82) is 0 Å². The average molecular weight is 380 g/mol. The van der Waals surface area contributed by atoms with Gasteiger partial charge in [0.2, 0.25) is 0 Å². The Kier molecular flexibility index (Phi) is 5.54. The average Bonchev–Trinajstić information content (AvgIpc) is 3.33. The van der Waals surface area contributed by atoms with Crippen molar-refractivity contribution in [2.45, 2.75) is 46.3 Å². The first-order valence-corrected chi connectivity index (χ1v) is 10.0. The van der Waals surface area contributed by atoms with Crippen LogP contribution in [-0.2, 0) is 19.6 Å². The summed E-state index contributed by atoms with van der Waals surface area (Å²) in [5, 5.41) is 12.8. The zero-order chi connectivity index (χ0) is 19.5. The molecule has 0 amide bonds. The number of aryl methyl sites for hydroxylation is 2. The molecule has 0 unspecified atom stereocenters. The van der Waals surface area contributed by atoms with Gasteiger partial charge >= 0.3 is 0 Å². The fourth-order valence-electron chi connectivity index (χ4n) is 4.37. The second-order valence-corrected chi connectivity index (χ2v) is 7.92. The number of benzene rings is 1. The summed E-state index contributed by atoms with van der Waals surface area (Å²) in [6.07, 6.45) is 8.28. The van der Waals surface area contributed by atoms with Crippen LogP contribution in [0.15, 0.2) is 36.8 Å². The number of likely N-dealkylation sites (tertiary alicyclic amines) is 1. The van der Waals surface area contributed by atoms with Crippen LogP contribution in [0.25, 0.3) is 5.69 Å². The molecule has 7 nitrogen and oxygen atoms in total. The third kappa shape index (κ3) is 4.15. The summed E-state index contributed by atoms with van der Waals surface area (Å²) in [6.45, 7) is 8.84. The van der Waals surface area contributed by atoms with Crippen molar-refractivity contribution in [2.75, 3.05) is 13.1 Å². The minimum absolute atomic E-state index is 0.444. The zero-order valence-electron chi connectivity index (χ0n) is 16.8. The van der Waals surface area contributed by atoms with Crippen molar-refractivity contribution in [1.82, 2.24) is 29.7 Å². The van der Waals surface area contributed by atoms with Crippen molar-refractivity contribution in [3.8, 4) is 5.69 Å². The molecule has 7 heteroatoms. The van der Waals surface area contributed by atoms with Crippen molar-refractivity contribution in [3.63, 3.8) is 0 Å². The molecule has 4 rings (SSSR count). The summed E-state index contributed by atoms with van der Waals surface area (Å²) in [5.74, 6) is 0.583. The smallest absolute Gasteiger partial charge is 0.0962 e. The Morgan fingerprint density at radius 3 is 2.89 bits per heavy atom. The lowest BCUT2D eigenvalue weighted by Crippen LogP contribution is -2.37. The maximum absolute atomic E-state index is 5.65. The Balaban J connectivity index is 1.49. The highest BCUT2D eigenvalue weighted by Gasteiger charge is 2.22. The van der Waals surface area contributed by atoms with Gasteiger partial charge in [-0.15, -0.1) is 5.10 Å². The first-order chi connectivity index (χ1) is 13.6. The third-order valence-corrected chi connectivity index (χ3v) is 5.49. The molecular weight excluding hydrogens is 350 g/mol. The molecule has 0 aliphatic carbocycles. The zero-order valence-corrected chi connectivity index (χ0v) is 16.8. The molecule has 1 atom stereocenters. The summed E-state index contributed by atoms with van der Waals surface area (Å²) in [4.78, 5) is 2.57. The monoisotopic (exact) mass is 379 g/mol. The second kappa shape index (κ2) is 8.24. The van der Waals surface area contributed by atoms with Crippen LogP contribution >= 0.6 is 0 Å². The molecule has 1 fully saturated rings. The fourth-order valence-corrected chi connectivity index (χ4v) is 4.37. The summed E-state index contributed by atoms with van der Waals surface area (Å²) in [7, 11) is 0. The number of nitrogens with zero attached hydrogens (tertiary/aromatic N) is 6. The quantitative estimate of drug-likeness (QED) is 0.712. The maximum Gasteiger partial charge on any atom is 0.0962 e. The predicted octanol–water partition coefficient (Wildman–Crippen LogP) is 2.45. The molecule has 1 aliphatic rings. The number of rotatable bonds is 6. The van der Waals surface area contributed by atoms with E-state index >= 15 is 0 Å².